The van der Waals surface area contributed by atoms with Crippen LogP contribution in [0.5, 0.6) is 0 Å². The van der Waals surface area contributed by atoms with Crippen molar-refractivity contribution in [2.75, 3.05) is 20.2 Å². The molecule has 4 atom stereocenters. The third-order valence-corrected chi connectivity index (χ3v) is 6.34. The van der Waals surface area contributed by atoms with Crippen LogP contribution in [0.25, 0.3) is 0 Å². The molecule has 21 heavy (non-hydrogen) atoms. The number of methoxy groups -OCH3 is 1. The third-order valence-electron chi connectivity index (χ3n) is 6.34. The van der Waals surface area contributed by atoms with Gasteiger partial charge >= 0.3 is 5.97 Å². The molecule has 0 aromatic carbocycles. The van der Waals surface area contributed by atoms with Gasteiger partial charge in [0.05, 0.1) is 13.0 Å². The van der Waals surface area contributed by atoms with Crippen molar-refractivity contribution in [3.8, 4) is 0 Å². The van der Waals surface area contributed by atoms with Crippen molar-refractivity contribution in [1.29, 1.82) is 0 Å². The summed E-state index contributed by atoms with van der Waals surface area (Å²) in [7, 11) is 1.46. The first-order chi connectivity index (χ1) is 10.2. The molecular weight excluding hydrogens is 266 g/mol. The van der Waals surface area contributed by atoms with Crippen LogP contribution in [-0.2, 0) is 14.3 Å². The highest BCUT2D eigenvalue weighted by atomic mass is 16.5. The van der Waals surface area contributed by atoms with Crippen molar-refractivity contribution < 1.29 is 14.3 Å². The summed E-state index contributed by atoms with van der Waals surface area (Å²) in [5, 5.41) is 0. The Labute approximate surface area is 125 Å². The molecule has 2 bridgehead atoms. The highest BCUT2D eigenvalue weighted by Crippen LogP contribution is 2.63. The van der Waals surface area contributed by atoms with E-state index in [0.29, 0.717) is 18.1 Å². The van der Waals surface area contributed by atoms with Crippen LogP contribution >= 0.6 is 0 Å². The van der Waals surface area contributed by atoms with Gasteiger partial charge in [-0.2, -0.15) is 0 Å². The quantitative estimate of drug-likeness (QED) is 0.694. The van der Waals surface area contributed by atoms with Crippen molar-refractivity contribution in [2.24, 2.45) is 23.2 Å². The average Bonchev–Trinajstić information content (AvgIpc) is 2.71. The van der Waals surface area contributed by atoms with Crippen LogP contribution in [0.2, 0.25) is 0 Å². The fraction of sp³-hybridized carbons (Fsp3) is 0.765. The molecule has 0 amide bonds. The zero-order chi connectivity index (χ0) is 14.6. The second kappa shape index (κ2) is 4.59. The SMILES string of the molecule is COC(=O)[C@@H]1C=C2N3CCC[C@@H]4C(=O)C[C@H](C1)[C@]24CCC3. The van der Waals surface area contributed by atoms with Crippen LogP contribution < -0.4 is 0 Å². The predicted octanol–water partition coefficient (Wildman–Crippen LogP) is 2.14. The molecule has 4 nitrogen and oxygen atoms in total. The van der Waals surface area contributed by atoms with Crippen LogP contribution in [0.3, 0.4) is 0 Å². The highest BCUT2D eigenvalue weighted by Gasteiger charge is 2.61. The lowest BCUT2D eigenvalue weighted by atomic mass is 9.59. The van der Waals surface area contributed by atoms with Crippen molar-refractivity contribution in [3.05, 3.63) is 11.8 Å². The van der Waals surface area contributed by atoms with Crippen molar-refractivity contribution >= 4 is 11.8 Å². The summed E-state index contributed by atoms with van der Waals surface area (Å²) in [4.78, 5) is 27.1. The fourth-order valence-corrected chi connectivity index (χ4v) is 5.58. The van der Waals surface area contributed by atoms with Gasteiger partial charge in [0.2, 0.25) is 0 Å². The zero-order valence-corrected chi connectivity index (χ0v) is 12.6. The summed E-state index contributed by atoms with van der Waals surface area (Å²) in [6.45, 7) is 2.12. The summed E-state index contributed by atoms with van der Waals surface area (Å²) in [6, 6.07) is 0. The summed E-state index contributed by atoms with van der Waals surface area (Å²) in [5.41, 5.74) is 1.37. The first kappa shape index (κ1) is 13.4. The molecule has 2 saturated heterocycles. The number of allylic oxidation sites excluding steroid dienone is 1. The monoisotopic (exact) mass is 289 g/mol. The molecule has 1 spiro atoms. The number of hydrogen-bond donors (Lipinski definition) is 0. The molecule has 4 aliphatic rings. The first-order valence-corrected chi connectivity index (χ1v) is 8.24. The van der Waals surface area contributed by atoms with Gasteiger partial charge in [-0.3, -0.25) is 9.59 Å². The number of esters is 1. The Morgan fingerprint density at radius 2 is 2.19 bits per heavy atom. The van der Waals surface area contributed by atoms with E-state index in [1.54, 1.807) is 0 Å². The molecule has 0 radical (unpaired) electrons. The lowest BCUT2D eigenvalue weighted by Gasteiger charge is -2.51. The van der Waals surface area contributed by atoms with Gasteiger partial charge in [-0.1, -0.05) is 6.08 Å². The van der Waals surface area contributed by atoms with Crippen LogP contribution in [0.1, 0.15) is 38.5 Å². The van der Waals surface area contributed by atoms with Gasteiger partial charge in [-0.05, 0) is 38.0 Å². The van der Waals surface area contributed by atoms with Gasteiger partial charge in [0.25, 0.3) is 0 Å². The van der Waals surface area contributed by atoms with Gasteiger partial charge in [0.1, 0.15) is 5.78 Å². The molecule has 4 rings (SSSR count). The van der Waals surface area contributed by atoms with Crippen LogP contribution in [-0.4, -0.2) is 36.9 Å². The predicted molar refractivity (Wildman–Crippen MR) is 77.3 cm³/mol. The maximum absolute atomic E-state index is 12.6. The number of Topliss-reactive ketones (excluding diaryl/α,β-unsaturated/α-hetero) is 1. The second-order valence-electron chi connectivity index (χ2n) is 7.11. The molecule has 0 aromatic heterocycles. The molecule has 0 N–H and O–H groups in total. The summed E-state index contributed by atoms with van der Waals surface area (Å²) < 4.78 is 4.97. The molecule has 0 unspecified atom stereocenters. The van der Waals surface area contributed by atoms with E-state index in [4.69, 9.17) is 4.74 Å². The molecule has 4 heteroatoms. The molecule has 2 aliphatic carbocycles. The van der Waals surface area contributed by atoms with Crippen LogP contribution in [0, 0.1) is 23.2 Å². The van der Waals surface area contributed by atoms with E-state index in [9.17, 15) is 9.59 Å². The second-order valence-corrected chi connectivity index (χ2v) is 7.11. The molecule has 0 aromatic rings. The topological polar surface area (TPSA) is 46.6 Å². The van der Waals surface area contributed by atoms with Crippen molar-refractivity contribution in [2.45, 2.75) is 38.5 Å². The van der Waals surface area contributed by atoms with E-state index in [2.05, 4.69) is 11.0 Å². The number of nitrogens with zero attached hydrogens (tertiary/aromatic N) is 1. The minimum absolute atomic E-state index is 0.0519. The van der Waals surface area contributed by atoms with Crippen LogP contribution in [0.15, 0.2) is 11.8 Å². The van der Waals surface area contributed by atoms with Crippen LogP contribution in [0.4, 0.5) is 0 Å². The molecule has 2 aliphatic heterocycles. The molecule has 114 valence electrons. The third kappa shape index (κ3) is 1.68. The molecule has 1 saturated carbocycles. The Bertz CT molecular complexity index is 526. The van der Waals surface area contributed by atoms with E-state index in [-0.39, 0.29) is 23.2 Å². The Morgan fingerprint density at radius 1 is 1.38 bits per heavy atom. The minimum atomic E-state index is -0.159. The van der Waals surface area contributed by atoms with E-state index < -0.39 is 0 Å². The molecule has 2 heterocycles. The average molecular weight is 289 g/mol. The number of carbonyl (C=O) groups excluding carboxylic acids is 2. The standard InChI is InChI=1S/C17H23NO3/c1-21-16(20)11-8-12-10-14(19)13-4-2-6-18-7-3-5-17(12,13)15(18)9-11/h9,11-13H,2-8,10H2,1H3/t11-,12-,13+,17-/m0/s1. The lowest BCUT2D eigenvalue weighted by molar-refractivity contribution is -0.145. The van der Waals surface area contributed by atoms with E-state index in [1.165, 1.54) is 19.2 Å². The number of ketones is 1. The first-order valence-electron chi connectivity index (χ1n) is 8.24. The molecule has 3 fully saturated rings. The summed E-state index contributed by atoms with van der Waals surface area (Å²) in [5.74, 6) is 0.697. The number of hydrogen-bond acceptors (Lipinski definition) is 4. The summed E-state index contributed by atoms with van der Waals surface area (Å²) >= 11 is 0. The number of ether oxygens (including phenoxy) is 1. The number of piperidine rings is 1. The van der Waals surface area contributed by atoms with E-state index in [1.807, 2.05) is 0 Å². The maximum atomic E-state index is 12.6. The number of rotatable bonds is 1. The largest absolute Gasteiger partial charge is 0.469 e. The van der Waals surface area contributed by atoms with Gasteiger partial charge in [-0.25, -0.2) is 0 Å². The summed E-state index contributed by atoms with van der Waals surface area (Å²) in [6.07, 6.45) is 8.07. The molecular formula is C17H23NO3. The smallest absolute Gasteiger partial charge is 0.312 e. The Balaban J connectivity index is 1.84. The van der Waals surface area contributed by atoms with Crippen molar-refractivity contribution in [1.82, 2.24) is 4.90 Å². The Kier molecular flexibility index (Phi) is 2.92. The zero-order valence-electron chi connectivity index (χ0n) is 12.6. The Morgan fingerprint density at radius 3 is 3.00 bits per heavy atom. The van der Waals surface area contributed by atoms with Gasteiger partial charge in [-0.15, -0.1) is 0 Å². The van der Waals surface area contributed by atoms with Crippen molar-refractivity contribution in [3.63, 3.8) is 0 Å². The fourth-order valence-electron chi connectivity index (χ4n) is 5.58. The minimum Gasteiger partial charge on any atom is -0.469 e. The van der Waals surface area contributed by atoms with E-state index in [0.717, 1.165) is 38.8 Å². The van der Waals surface area contributed by atoms with E-state index >= 15 is 0 Å². The lowest BCUT2D eigenvalue weighted by Crippen LogP contribution is -2.48. The highest BCUT2D eigenvalue weighted by molar-refractivity contribution is 5.86. The van der Waals surface area contributed by atoms with Gasteiger partial charge in [0.15, 0.2) is 0 Å². The number of carbonyl (C=O) groups is 2. The normalized spacial score (nSPS) is 41.2. The van der Waals surface area contributed by atoms with Gasteiger partial charge in [0, 0.05) is 36.5 Å². The maximum Gasteiger partial charge on any atom is 0.312 e. The Hall–Kier alpha value is -1.32. The van der Waals surface area contributed by atoms with Gasteiger partial charge < -0.3 is 9.64 Å².